The van der Waals surface area contributed by atoms with Crippen LogP contribution in [0.4, 0.5) is 10.2 Å². The Bertz CT molecular complexity index is 1220. The van der Waals surface area contributed by atoms with Gasteiger partial charge in [-0.1, -0.05) is 12.1 Å². The lowest BCUT2D eigenvalue weighted by molar-refractivity contribution is 0.372. The Morgan fingerprint density at radius 3 is 2.28 bits per heavy atom. The van der Waals surface area contributed by atoms with Crippen molar-refractivity contribution in [2.24, 2.45) is 0 Å². The van der Waals surface area contributed by atoms with Gasteiger partial charge < -0.3 is 9.64 Å². The van der Waals surface area contributed by atoms with Gasteiger partial charge in [0.1, 0.15) is 16.5 Å². The van der Waals surface area contributed by atoms with Crippen LogP contribution in [0.5, 0.6) is 5.75 Å². The smallest absolute Gasteiger partial charge is 0.246 e. The van der Waals surface area contributed by atoms with Gasteiger partial charge in [0.2, 0.25) is 10.0 Å². The summed E-state index contributed by atoms with van der Waals surface area (Å²) in [7, 11) is -2.51. The molecular weight excluding hydrogens is 431 g/mol. The van der Waals surface area contributed by atoms with Crippen LogP contribution in [0.25, 0.3) is 11.3 Å². The predicted molar refractivity (Wildman–Crippen MR) is 121 cm³/mol. The molecule has 1 fully saturated rings. The number of anilines is 1. The van der Waals surface area contributed by atoms with E-state index in [9.17, 15) is 12.8 Å². The van der Waals surface area contributed by atoms with Gasteiger partial charge in [-0.25, -0.2) is 12.8 Å². The molecule has 1 aromatic heterocycles. The third-order valence-corrected chi connectivity index (χ3v) is 7.68. The largest absolute Gasteiger partial charge is 0.495 e. The maximum absolute atomic E-state index is 13.7. The van der Waals surface area contributed by atoms with Gasteiger partial charge in [-0.15, -0.1) is 10.2 Å². The van der Waals surface area contributed by atoms with E-state index in [4.69, 9.17) is 4.74 Å². The number of piperazine rings is 1. The Balaban J connectivity index is 1.47. The lowest BCUT2D eigenvalue weighted by Gasteiger charge is -2.34. The van der Waals surface area contributed by atoms with Crippen LogP contribution in [0.2, 0.25) is 0 Å². The zero-order valence-electron chi connectivity index (χ0n) is 18.2. The molecule has 1 saturated heterocycles. The number of aryl methyl sites for hydroxylation is 2. The van der Waals surface area contributed by atoms with Crippen LogP contribution in [0.3, 0.4) is 0 Å². The summed E-state index contributed by atoms with van der Waals surface area (Å²) in [6.45, 7) is 5.54. The molecule has 0 bridgehead atoms. The third kappa shape index (κ3) is 4.31. The molecule has 2 heterocycles. The van der Waals surface area contributed by atoms with Gasteiger partial charge in [0.15, 0.2) is 5.82 Å². The molecule has 2 aromatic carbocycles. The van der Waals surface area contributed by atoms with Crippen LogP contribution in [0, 0.1) is 19.7 Å². The molecule has 1 aliphatic heterocycles. The van der Waals surface area contributed by atoms with Crippen LogP contribution in [0.15, 0.2) is 53.4 Å². The summed E-state index contributed by atoms with van der Waals surface area (Å²) in [6.07, 6.45) is 0. The molecule has 0 N–H and O–H groups in total. The summed E-state index contributed by atoms with van der Waals surface area (Å²) in [4.78, 5) is 1.83. The Morgan fingerprint density at radius 1 is 0.906 bits per heavy atom. The van der Waals surface area contributed by atoms with Crippen LogP contribution in [0.1, 0.15) is 11.1 Å². The van der Waals surface area contributed by atoms with Crippen molar-refractivity contribution in [1.29, 1.82) is 0 Å². The number of halogens is 1. The SMILES string of the molecule is COc1ccc(F)cc1S(=O)(=O)N1CCN(c2ccc(-c3ccc(C)c(C)c3)nn2)CC1. The van der Waals surface area contributed by atoms with Crippen molar-refractivity contribution in [2.45, 2.75) is 18.7 Å². The molecule has 7 nitrogen and oxygen atoms in total. The minimum absolute atomic E-state index is 0.127. The van der Waals surface area contributed by atoms with E-state index >= 15 is 0 Å². The molecule has 9 heteroatoms. The molecule has 3 aromatic rings. The number of sulfonamides is 1. The minimum Gasteiger partial charge on any atom is -0.495 e. The van der Waals surface area contributed by atoms with Crippen LogP contribution in [-0.4, -0.2) is 56.2 Å². The zero-order chi connectivity index (χ0) is 22.9. The number of aromatic nitrogens is 2. The molecule has 1 aliphatic rings. The Kier molecular flexibility index (Phi) is 6.12. The summed E-state index contributed by atoms with van der Waals surface area (Å²) < 4.78 is 46.3. The fraction of sp³-hybridized carbons (Fsp3) is 0.304. The number of nitrogens with zero attached hydrogens (tertiary/aromatic N) is 4. The van der Waals surface area contributed by atoms with Crippen molar-refractivity contribution in [3.05, 3.63) is 65.5 Å². The number of rotatable bonds is 5. The molecule has 0 radical (unpaired) electrons. The molecule has 0 atom stereocenters. The van der Waals surface area contributed by atoms with E-state index in [1.165, 1.54) is 34.7 Å². The quantitative estimate of drug-likeness (QED) is 0.586. The third-order valence-electron chi connectivity index (χ3n) is 5.76. The van der Waals surface area contributed by atoms with Gasteiger partial charge in [-0.3, -0.25) is 0 Å². The van der Waals surface area contributed by atoms with Crippen molar-refractivity contribution in [1.82, 2.24) is 14.5 Å². The van der Waals surface area contributed by atoms with Crippen molar-refractivity contribution in [3.63, 3.8) is 0 Å². The standard InChI is InChI=1S/C23H25FN4O3S/c1-16-4-5-18(14-17(16)2)20-7-9-23(26-25-20)27-10-12-28(13-11-27)32(29,30)22-15-19(24)6-8-21(22)31-3/h4-9,14-15H,10-13H2,1-3H3. The highest BCUT2D eigenvalue weighted by Crippen LogP contribution is 2.29. The monoisotopic (exact) mass is 456 g/mol. The summed E-state index contributed by atoms with van der Waals surface area (Å²) in [5, 5.41) is 8.71. The van der Waals surface area contributed by atoms with E-state index in [-0.39, 0.29) is 23.7 Å². The average Bonchev–Trinajstić information content (AvgIpc) is 2.81. The molecule has 168 valence electrons. The summed E-state index contributed by atoms with van der Waals surface area (Å²) in [6, 6.07) is 13.5. The lowest BCUT2D eigenvalue weighted by Crippen LogP contribution is -2.49. The predicted octanol–water partition coefficient (Wildman–Crippen LogP) is 3.42. The number of benzene rings is 2. The van der Waals surface area contributed by atoms with Crippen molar-refractivity contribution < 1.29 is 17.5 Å². The average molecular weight is 457 g/mol. The first-order valence-electron chi connectivity index (χ1n) is 10.3. The zero-order valence-corrected chi connectivity index (χ0v) is 19.1. The second-order valence-electron chi connectivity index (χ2n) is 7.76. The van der Waals surface area contributed by atoms with Gasteiger partial charge in [-0.2, -0.15) is 4.31 Å². The molecule has 32 heavy (non-hydrogen) atoms. The normalized spacial score (nSPS) is 15.1. The van der Waals surface area contributed by atoms with Crippen LogP contribution >= 0.6 is 0 Å². The Hall–Kier alpha value is -3.04. The topological polar surface area (TPSA) is 75.6 Å². The molecule has 0 aliphatic carbocycles. The molecule has 0 unspecified atom stereocenters. The van der Waals surface area contributed by atoms with Gasteiger partial charge in [-0.05, 0) is 61.4 Å². The maximum Gasteiger partial charge on any atom is 0.246 e. The summed E-state index contributed by atoms with van der Waals surface area (Å²) in [5.41, 5.74) is 4.21. The number of ether oxygens (including phenoxy) is 1. The van der Waals surface area contributed by atoms with E-state index in [2.05, 4.69) is 36.2 Å². The highest BCUT2D eigenvalue weighted by atomic mass is 32.2. The van der Waals surface area contributed by atoms with E-state index in [1.54, 1.807) is 0 Å². The number of hydrogen-bond acceptors (Lipinski definition) is 6. The van der Waals surface area contributed by atoms with Gasteiger partial charge >= 0.3 is 0 Å². The highest BCUT2D eigenvalue weighted by Gasteiger charge is 2.31. The first-order valence-corrected chi connectivity index (χ1v) is 11.7. The fourth-order valence-corrected chi connectivity index (χ4v) is 5.29. The van der Waals surface area contributed by atoms with Crippen molar-refractivity contribution in [3.8, 4) is 17.0 Å². The Morgan fingerprint density at radius 2 is 1.66 bits per heavy atom. The number of hydrogen-bond donors (Lipinski definition) is 0. The van der Waals surface area contributed by atoms with Gasteiger partial charge in [0, 0.05) is 31.7 Å². The molecule has 0 amide bonds. The van der Waals surface area contributed by atoms with Gasteiger partial charge in [0.05, 0.1) is 12.8 Å². The van der Waals surface area contributed by atoms with Crippen LogP contribution < -0.4 is 9.64 Å². The maximum atomic E-state index is 13.7. The molecular formula is C23H25FN4O3S. The Labute approximate surface area is 187 Å². The van der Waals surface area contributed by atoms with E-state index in [1.807, 2.05) is 23.1 Å². The van der Waals surface area contributed by atoms with Crippen molar-refractivity contribution in [2.75, 3.05) is 38.2 Å². The molecule has 0 saturated carbocycles. The second-order valence-corrected chi connectivity index (χ2v) is 9.67. The van der Waals surface area contributed by atoms with E-state index < -0.39 is 15.8 Å². The minimum atomic E-state index is -3.88. The fourth-order valence-electron chi connectivity index (χ4n) is 3.70. The van der Waals surface area contributed by atoms with E-state index in [0.29, 0.717) is 18.9 Å². The first kappa shape index (κ1) is 22.2. The lowest BCUT2D eigenvalue weighted by atomic mass is 10.0. The summed E-state index contributed by atoms with van der Waals surface area (Å²) >= 11 is 0. The molecule has 4 rings (SSSR count). The second kappa shape index (κ2) is 8.84. The van der Waals surface area contributed by atoms with Crippen molar-refractivity contribution >= 4 is 15.8 Å². The van der Waals surface area contributed by atoms with Crippen LogP contribution in [-0.2, 0) is 10.0 Å². The highest BCUT2D eigenvalue weighted by molar-refractivity contribution is 7.89. The first-order chi connectivity index (χ1) is 15.3. The number of methoxy groups -OCH3 is 1. The van der Waals surface area contributed by atoms with E-state index in [0.717, 1.165) is 17.3 Å². The summed E-state index contributed by atoms with van der Waals surface area (Å²) in [5.74, 6) is 0.196. The molecule has 0 spiro atoms. The van der Waals surface area contributed by atoms with Gasteiger partial charge in [0.25, 0.3) is 0 Å².